The number of hydrogen-bond donors (Lipinski definition) is 1. The number of nitrogens with zero attached hydrogens (tertiary/aromatic N) is 1. The fourth-order valence-corrected chi connectivity index (χ4v) is 1.61. The normalized spacial score (nSPS) is 21.6. The molecule has 5 nitrogen and oxygen atoms in total. The second-order valence-electron chi connectivity index (χ2n) is 4.96. The van der Waals surface area contributed by atoms with Crippen molar-refractivity contribution in [3.8, 4) is 0 Å². The number of carbonyl (C=O) groups is 1. The minimum Gasteiger partial charge on any atom is -0.444 e. The molecule has 1 rings (SSSR count). The number of ether oxygens (including phenoxy) is 2. The highest BCUT2D eigenvalue weighted by atomic mass is 16.6. The van der Waals surface area contributed by atoms with Crippen LogP contribution in [0.15, 0.2) is 0 Å². The van der Waals surface area contributed by atoms with Crippen LogP contribution in [-0.4, -0.2) is 47.7 Å². The van der Waals surface area contributed by atoms with E-state index in [0.717, 1.165) is 19.4 Å². The van der Waals surface area contributed by atoms with Gasteiger partial charge in [0, 0.05) is 6.61 Å². The molecule has 0 bridgehead atoms. The maximum atomic E-state index is 11.8. The number of amides is 1. The Hall–Kier alpha value is -0.810. The van der Waals surface area contributed by atoms with Gasteiger partial charge in [-0.05, 0) is 33.6 Å². The molecule has 16 heavy (non-hydrogen) atoms. The lowest BCUT2D eigenvalue weighted by Crippen LogP contribution is -2.47. The van der Waals surface area contributed by atoms with E-state index in [0.29, 0.717) is 6.61 Å². The van der Waals surface area contributed by atoms with Crippen molar-refractivity contribution in [2.24, 2.45) is 0 Å². The molecule has 0 aromatic heterocycles. The summed E-state index contributed by atoms with van der Waals surface area (Å²) in [6.07, 6.45) is 1.27. The molecule has 0 spiro atoms. The molecule has 1 aliphatic heterocycles. The Bertz CT molecular complexity index is 231. The Morgan fingerprint density at radius 1 is 1.56 bits per heavy atom. The molecule has 1 heterocycles. The lowest BCUT2D eigenvalue weighted by molar-refractivity contribution is -0.0383. The minimum absolute atomic E-state index is 0.0754. The molecule has 1 atom stereocenters. The molecule has 0 aromatic carbocycles. The smallest absolute Gasteiger partial charge is 0.412 e. The van der Waals surface area contributed by atoms with Gasteiger partial charge in [-0.3, -0.25) is 4.90 Å². The number of rotatable bonds is 2. The van der Waals surface area contributed by atoms with E-state index in [9.17, 15) is 9.90 Å². The van der Waals surface area contributed by atoms with E-state index >= 15 is 0 Å². The molecule has 0 aliphatic carbocycles. The third kappa shape index (κ3) is 3.98. The summed E-state index contributed by atoms with van der Waals surface area (Å²) in [5, 5.41) is 9.22. The summed E-state index contributed by atoms with van der Waals surface area (Å²) in [5.74, 6) is 0. The molecule has 0 saturated carbocycles. The first-order valence-electron chi connectivity index (χ1n) is 5.62. The Morgan fingerprint density at radius 3 is 2.69 bits per heavy atom. The summed E-state index contributed by atoms with van der Waals surface area (Å²) in [6, 6.07) is -0.0754. The van der Waals surface area contributed by atoms with Gasteiger partial charge in [-0.1, -0.05) is 0 Å². The van der Waals surface area contributed by atoms with Crippen LogP contribution in [0.4, 0.5) is 4.79 Å². The topological polar surface area (TPSA) is 59.0 Å². The van der Waals surface area contributed by atoms with Gasteiger partial charge in [0.2, 0.25) is 0 Å². The monoisotopic (exact) mass is 231 g/mol. The average Bonchev–Trinajstić information content (AvgIpc) is 2.17. The van der Waals surface area contributed by atoms with Crippen LogP contribution in [0.5, 0.6) is 0 Å². The zero-order valence-corrected chi connectivity index (χ0v) is 10.2. The van der Waals surface area contributed by atoms with Crippen molar-refractivity contribution >= 4 is 6.09 Å². The Labute approximate surface area is 96.3 Å². The summed E-state index contributed by atoms with van der Waals surface area (Å²) in [6.45, 7) is 6.28. The van der Waals surface area contributed by atoms with E-state index < -0.39 is 11.7 Å². The van der Waals surface area contributed by atoms with Crippen molar-refractivity contribution in [2.75, 3.05) is 19.9 Å². The maximum absolute atomic E-state index is 11.8. The van der Waals surface area contributed by atoms with Crippen LogP contribution < -0.4 is 0 Å². The van der Waals surface area contributed by atoms with Gasteiger partial charge in [0.25, 0.3) is 0 Å². The van der Waals surface area contributed by atoms with Crippen LogP contribution in [0.25, 0.3) is 0 Å². The van der Waals surface area contributed by atoms with Crippen molar-refractivity contribution < 1.29 is 19.4 Å². The molecule has 5 heteroatoms. The van der Waals surface area contributed by atoms with Crippen LogP contribution in [0.2, 0.25) is 0 Å². The summed E-state index contributed by atoms with van der Waals surface area (Å²) >= 11 is 0. The van der Waals surface area contributed by atoms with Gasteiger partial charge < -0.3 is 14.6 Å². The van der Waals surface area contributed by atoms with Crippen molar-refractivity contribution in [1.29, 1.82) is 0 Å². The van der Waals surface area contributed by atoms with E-state index in [-0.39, 0.29) is 12.8 Å². The molecule has 1 unspecified atom stereocenters. The highest BCUT2D eigenvalue weighted by Crippen LogP contribution is 2.16. The number of carbonyl (C=O) groups excluding carboxylic acids is 1. The van der Waals surface area contributed by atoms with Crippen LogP contribution >= 0.6 is 0 Å². The van der Waals surface area contributed by atoms with Gasteiger partial charge >= 0.3 is 6.09 Å². The first kappa shape index (κ1) is 13.3. The van der Waals surface area contributed by atoms with Crippen LogP contribution in [0.1, 0.15) is 33.6 Å². The fraction of sp³-hybridized carbons (Fsp3) is 0.909. The SMILES string of the molecule is CC(C)(C)OC(=O)N(CO)C1CCCOC1. The molecular weight excluding hydrogens is 210 g/mol. The zero-order valence-electron chi connectivity index (χ0n) is 10.2. The molecule has 0 radical (unpaired) electrons. The van der Waals surface area contributed by atoms with Crippen molar-refractivity contribution in [2.45, 2.75) is 45.3 Å². The number of hydrogen-bond acceptors (Lipinski definition) is 4. The van der Waals surface area contributed by atoms with Gasteiger partial charge in [0.15, 0.2) is 0 Å². The van der Waals surface area contributed by atoms with E-state index in [4.69, 9.17) is 9.47 Å². The predicted molar refractivity (Wildman–Crippen MR) is 59.0 cm³/mol. The highest BCUT2D eigenvalue weighted by Gasteiger charge is 2.29. The fourth-order valence-electron chi connectivity index (χ4n) is 1.61. The van der Waals surface area contributed by atoms with E-state index in [1.165, 1.54) is 4.90 Å². The van der Waals surface area contributed by atoms with E-state index in [1.54, 1.807) is 20.8 Å². The average molecular weight is 231 g/mol. The van der Waals surface area contributed by atoms with Crippen LogP contribution in [0, 0.1) is 0 Å². The number of aliphatic hydroxyl groups excluding tert-OH is 1. The molecule has 94 valence electrons. The zero-order chi connectivity index (χ0) is 12.2. The van der Waals surface area contributed by atoms with Gasteiger partial charge in [-0.25, -0.2) is 4.79 Å². The minimum atomic E-state index is -0.542. The molecule has 1 saturated heterocycles. The van der Waals surface area contributed by atoms with Gasteiger partial charge in [0.05, 0.1) is 12.6 Å². The van der Waals surface area contributed by atoms with Crippen LogP contribution in [-0.2, 0) is 9.47 Å². The van der Waals surface area contributed by atoms with Gasteiger partial charge in [0.1, 0.15) is 12.3 Å². The largest absolute Gasteiger partial charge is 0.444 e. The number of aliphatic hydroxyl groups is 1. The third-order valence-corrected chi connectivity index (χ3v) is 2.36. The lowest BCUT2D eigenvalue weighted by Gasteiger charge is -2.33. The Morgan fingerprint density at radius 2 is 2.25 bits per heavy atom. The molecular formula is C11H21NO4. The second kappa shape index (κ2) is 5.50. The Kier molecular flexibility index (Phi) is 4.56. The lowest BCUT2D eigenvalue weighted by atomic mass is 10.1. The maximum Gasteiger partial charge on any atom is 0.412 e. The van der Waals surface area contributed by atoms with E-state index in [2.05, 4.69) is 0 Å². The van der Waals surface area contributed by atoms with Crippen molar-refractivity contribution in [1.82, 2.24) is 4.90 Å². The summed E-state index contributed by atoms with van der Waals surface area (Å²) in [4.78, 5) is 13.1. The molecule has 1 amide bonds. The molecule has 0 aromatic rings. The molecule has 1 N–H and O–H groups in total. The first-order valence-corrected chi connectivity index (χ1v) is 5.62. The van der Waals surface area contributed by atoms with Crippen molar-refractivity contribution in [3.05, 3.63) is 0 Å². The highest BCUT2D eigenvalue weighted by molar-refractivity contribution is 5.68. The predicted octanol–water partition coefficient (Wildman–Crippen LogP) is 1.35. The Balaban J connectivity index is 2.55. The first-order chi connectivity index (χ1) is 7.44. The quantitative estimate of drug-likeness (QED) is 0.729. The third-order valence-electron chi connectivity index (χ3n) is 2.36. The summed E-state index contributed by atoms with van der Waals surface area (Å²) in [5.41, 5.74) is -0.542. The summed E-state index contributed by atoms with van der Waals surface area (Å²) < 4.78 is 10.5. The van der Waals surface area contributed by atoms with Crippen LogP contribution in [0.3, 0.4) is 0 Å². The van der Waals surface area contributed by atoms with Gasteiger partial charge in [-0.2, -0.15) is 0 Å². The van der Waals surface area contributed by atoms with Gasteiger partial charge in [-0.15, -0.1) is 0 Å². The molecule has 1 aliphatic rings. The second-order valence-corrected chi connectivity index (χ2v) is 4.96. The van der Waals surface area contributed by atoms with E-state index in [1.807, 2.05) is 0 Å². The molecule has 1 fully saturated rings. The van der Waals surface area contributed by atoms with Crippen molar-refractivity contribution in [3.63, 3.8) is 0 Å². The summed E-state index contributed by atoms with van der Waals surface area (Å²) in [7, 11) is 0. The standard InChI is InChI=1S/C11H21NO4/c1-11(2,3)16-10(14)12(8-13)9-5-4-6-15-7-9/h9,13H,4-8H2,1-3H3.